The average molecular weight is 473 g/mol. The summed E-state index contributed by atoms with van der Waals surface area (Å²) in [6.45, 7) is 1.35. The van der Waals surface area contributed by atoms with Crippen LogP contribution in [0.3, 0.4) is 0 Å². The highest BCUT2D eigenvalue weighted by Crippen LogP contribution is 2.39. The first kappa shape index (κ1) is 21.4. The summed E-state index contributed by atoms with van der Waals surface area (Å²) < 4.78 is 37.2. The van der Waals surface area contributed by atoms with Crippen molar-refractivity contribution in [2.75, 3.05) is 30.8 Å². The van der Waals surface area contributed by atoms with Crippen LogP contribution >= 0.6 is 0 Å². The molecule has 2 bridgehead atoms. The third-order valence-electron chi connectivity index (χ3n) is 6.67. The van der Waals surface area contributed by atoms with E-state index in [1.165, 1.54) is 13.2 Å². The van der Waals surface area contributed by atoms with Crippen LogP contribution in [-0.4, -0.2) is 52.2 Å². The lowest BCUT2D eigenvalue weighted by atomic mass is 9.99. The molecule has 2 unspecified atom stereocenters. The zero-order valence-electron chi connectivity index (χ0n) is 18.8. The summed E-state index contributed by atoms with van der Waals surface area (Å²) in [7, 11) is 1.41. The van der Waals surface area contributed by atoms with Gasteiger partial charge in [-0.2, -0.15) is 9.97 Å². The molecular formula is C25H21F2N7O. The molecule has 2 aromatic carbocycles. The van der Waals surface area contributed by atoms with E-state index in [-0.39, 0.29) is 34.1 Å². The number of hydrogen-bond acceptors (Lipinski definition) is 8. The van der Waals surface area contributed by atoms with Gasteiger partial charge in [-0.3, -0.25) is 0 Å². The van der Waals surface area contributed by atoms with Gasteiger partial charge in [-0.1, -0.05) is 12.0 Å². The van der Waals surface area contributed by atoms with Crippen molar-refractivity contribution >= 4 is 33.6 Å². The van der Waals surface area contributed by atoms with E-state index < -0.39 is 11.6 Å². The molecule has 176 valence electrons. The van der Waals surface area contributed by atoms with Gasteiger partial charge in [-0.05, 0) is 31.0 Å². The summed E-state index contributed by atoms with van der Waals surface area (Å²) >= 11 is 0. The van der Waals surface area contributed by atoms with Gasteiger partial charge in [0.25, 0.3) is 0 Å². The second-order valence-electron chi connectivity index (χ2n) is 8.79. The number of piperazine rings is 1. The van der Waals surface area contributed by atoms with Gasteiger partial charge in [0, 0.05) is 41.5 Å². The zero-order chi connectivity index (χ0) is 24.3. The smallest absolute Gasteiger partial charge is 0.318 e. The highest BCUT2D eigenvalue weighted by Gasteiger charge is 2.34. The van der Waals surface area contributed by atoms with Crippen molar-refractivity contribution in [1.29, 1.82) is 0 Å². The molecule has 2 fully saturated rings. The van der Waals surface area contributed by atoms with E-state index in [9.17, 15) is 0 Å². The van der Waals surface area contributed by atoms with Crippen LogP contribution in [0.5, 0.6) is 6.01 Å². The fourth-order valence-corrected chi connectivity index (χ4v) is 5.18. The number of nitrogen functional groups attached to an aromatic ring is 1. The van der Waals surface area contributed by atoms with Crippen LogP contribution in [0.4, 0.5) is 20.5 Å². The maximum Gasteiger partial charge on any atom is 0.318 e. The van der Waals surface area contributed by atoms with E-state index in [0.29, 0.717) is 47.5 Å². The first-order valence-corrected chi connectivity index (χ1v) is 11.2. The lowest BCUT2D eigenvalue weighted by Crippen LogP contribution is -2.51. The minimum Gasteiger partial charge on any atom is -0.467 e. The number of aromatic nitrogens is 4. The third-order valence-corrected chi connectivity index (χ3v) is 6.67. The van der Waals surface area contributed by atoms with Crippen LogP contribution in [0.2, 0.25) is 0 Å². The molecule has 0 saturated carbocycles. The maximum absolute atomic E-state index is 16.2. The number of hydrogen-bond donors (Lipinski definition) is 2. The molecule has 0 radical (unpaired) electrons. The van der Waals surface area contributed by atoms with E-state index in [2.05, 4.69) is 31.2 Å². The molecule has 2 saturated heterocycles. The number of methoxy groups -OCH3 is 1. The second-order valence-corrected chi connectivity index (χ2v) is 8.79. The minimum absolute atomic E-state index is 0.00814. The van der Waals surface area contributed by atoms with Gasteiger partial charge in [-0.15, -0.1) is 6.42 Å². The predicted molar refractivity (Wildman–Crippen MR) is 129 cm³/mol. The number of nitrogens with one attached hydrogen (secondary N) is 1. The van der Waals surface area contributed by atoms with Crippen molar-refractivity contribution in [3.8, 4) is 29.6 Å². The average Bonchev–Trinajstić information content (AvgIpc) is 3.20. The quantitative estimate of drug-likeness (QED) is 0.438. The maximum atomic E-state index is 16.2. The lowest BCUT2D eigenvalue weighted by Gasteiger charge is -2.34. The number of rotatable bonds is 3. The molecule has 3 N–H and O–H groups in total. The molecule has 6 rings (SSSR count). The van der Waals surface area contributed by atoms with Gasteiger partial charge in [0.15, 0.2) is 5.82 Å². The number of ether oxygens (including phenoxy) is 1. The van der Waals surface area contributed by atoms with Gasteiger partial charge < -0.3 is 20.7 Å². The number of fused-ring (bicyclic) bond motifs is 4. The molecular weight excluding hydrogens is 452 g/mol. The molecule has 4 heterocycles. The molecule has 10 heteroatoms. The van der Waals surface area contributed by atoms with Crippen LogP contribution in [-0.2, 0) is 0 Å². The van der Waals surface area contributed by atoms with Crippen LogP contribution in [0, 0.1) is 24.0 Å². The van der Waals surface area contributed by atoms with Crippen molar-refractivity contribution in [1.82, 2.24) is 25.3 Å². The van der Waals surface area contributed by atoms with Crippen molar-refractivity contribution in [3.63, 3.8) is 0 Å². The van der Waals surface area contributed by atoms with E-state index in [1.807, 2.05) is 4.90 Å². The molecule has 0 amide bonds. The normalized spacial score (nSPS) is 19.3. The monoisotopic (exact) mass is 473 g/mol. The fraction of sp³-hybridized carbons (Fsp3) is 0.280. The molecule has 2 aromatic heterocycles. The van der Waals surface area contributed by atoms with Crippen molar-refractivity contribution in [2.24, 2.45) is 0 Å². The molecule has 0 spiro atoms. The number of benzene rings is 2. The van der Waals surface area contributed by atoms with Gasteiger partial charge >= 0.3 is 6.01 Å². The zero-order valence-corrected chi connectivity index (χ0v) is 18.8. The highest BCUT2D eigenvalue weighted by molar-refractivity contribution is 6.01. The second kappa shape index (κ2) is 7.99. The first-order chi connectivity index (χ1) is 17.0. The largest absolute Gasteiger partial charge is 0.467 e. The molecule has 2 aliphatic rings. The van der Waals surface area contributed by atoms with Crippen LogP contribution in [0.1, 0.15) is 18.4 Å². The molecule has 2 aliphatic heterocycles. The number of nitrogens with zero attached hydrogens (tertiary/aromatic N) is 5. The Kier molecular flexibility index (Phi) is 4.89. The van der Waals surface area contributed by atoms with Crippen LogP contribution in [0.15, 0.2) is 24.3 Å². The summed E-state index contributed by atoms with van der Waals surface area (Å²) in [5.74, 6) is 1.12. The van der Waals surface area contributed by atoms with Crippen LogP contribution in [0.25, 0.3) is 33.1 Å². The SMILES string of the molecule is C#Cc1cccc2nc(N)nc(-c3c(F)cc4c(N5CC6CCC(C5)N6)nc(OC)nc4c3F)c12. The molecule has 8 nitrogen and oxygen atoms in total. The lowest BCUT2D eigenvalue weighted by molar-refractivity contribution is 0.380. The van der Waals surface area contributed by atoms with E-state index >= 15 is 8.78 Å². The summed E-state index contributed by atoms with van der Waals surface area (Å²) in [5.41, 5.74) is 6.19. The Morgan fingerprint density at radius 1 is 1.14 bits per heavy atom. The van der Waals surface area contributed by atoms with Gasteiger partial charge in [-0.25, -0.2) is 18.7 Å². The summed E-state index contributed by atoms with van der Waals surface area (Å²) in [5, 5.41) is 4.14. The minimum atomic E-state index is -0.897. The predicted octanol–water partition coefficient (Wildman–Crippen LogP) is 3.03. The summed E-state index contributed by atoms with van der Waals surface area (Å²) in [6.07, 6.45) is 7.76. The first-order valence-electron chi connectivity index (χ1n) is 11.2. The Labute approximate surface area is 199 Å². The number of anilines is 2. The Morgan fingerprint density at radius 3 is 2.63 bits per heavy atom. The molecule has 2 atom stereocenters. The van der Waals surface area contributed by atoms with E-state index in [0.717, 1.165) is 12.8 Å². The Balaban J connectivity index is 1.63. The Bertz CT molecular complexity index is 1540. The van der Waals surface area contributed by atoms with E-state index in [4.69, 9.17) is 16.9 Å². The van der Waals surface area contributed by atoms with Crippen LogP contribution < -0.4 is 20.7 Å². The van der Waals surface area contributed by atoms with Gasteiger partial charge in [0.1, 0.15) is 17.2 Å². The summed E-state index contributed by atoms with van der Waals surface area (Å²) in [4.78, 5) is 19.1. The Hall–Kier alpha value is -4.10. The van der Waals surface area contributed by atoms with Gasteiger partial charge in [0.05, 0.1) is 23.9 Å². The van der Waals surface area contributed by atoms with Crippen molar-refractivity contribution in [3.05, 3.63) is 41.5 Å². The standard InChI is InChI=1S/C25H21F2N7O/c1-3-12-5-4-6-17-18(12)22(31-24(28)30-17)19-16(26)9-15-21(20(19)27)32-25(35-2)33-23(15)34-10-13-7-8-14(11-34)29-13/h1,4-6,9,13-14,29H,7-8,10-11H2,2H3,(H2,28,30,31). The fourth-order valence-electron chi connectivity index (χ4n) is 5.18. The number of terminal acetylenes is 1. The van der Waals surface area contributed by atoms with Gasteiger partial charge in [0.2, 0.25) is 5.95 Å². The van der Waals surface area contributed by atoms with E-state index in [1.54, 1.807) is 18.2 Å². The molecule has 35 heavy (non-hydrogen) atoms. The highest BCUT2D eigenvalue weighted by atomic mass is 19.1. The van der Waals surface area contributed by atoms with Crippen molar-refractivity contribution in [2.45, 2.75) is 24.9 Å². The number of nitrogens with two attached hydrogens (primary N) is 1. The summed E-state index contributed by atoms with van der Waals surface area (Å²) in [6, 6.07) is 6.86. The topological polar surface area (TPSA) is 102 Å². The Morgan fingerprint density at radius 2 is 1.91 bits per heavy atom. The third kappa shape index (κ3) is 3.39. The number of halogens is 2. The molecule has 0 aliphatic carbocycles. The molecule has 4 aromatic rings. The van der Waals surface area contributed by atoms with Crippen molar-refractivity contribution < 1.29 is 13.5 Å².